The number of hydrogen-bond donors (Lipinski definition) is 0. The Morgan fingerprint density at radius 3 is 2.54 bits per heavy atom. The van der Waals surface area contributed by atoms with Gasteiger partial charge in [0.25, 0.3) is 0 Å². The van der Waals surface area contributed by atoms with Crippen LogP contribution in [0.5, 0.6) is 0 Å². The van der Waals surface area contributed by atoms with Crippen LogP contribution in [0.4, 0.5) is 0 Å². The van der Waals surface area contributed by atoms with Gasteiger partial charge < -0.3 is 0 Å². The highest BCUT2D eigenvalue weighted by Gasteiger charge is 1.95. The summed E-state index contributed by atoms with van der Waals surface area (Å²) in [4.78, 5) is 4.05. The minimum Gasteiger partial charge on any atom is -0.264 e. The maximum atomic E-state index is 5.68. The molecule has 0 aliphatic rings. The zero-order valence-electron chi connectivity index (χ0n) is 7.14. The molecule has 2 rings (SSSR count). The standard InChI is InChI=1S/C12H9N/c1-10-4-2-5-11(8-10)12-6-3-7-13-9-12/h1-9H. The Hall–Kier alpha value is -1.63. The van der Waals surface area contributed by atoms with Crippen LogP contribution in [-0.4, -0.2) is 4.98 Å². The zero-order valence-corrected chi connectivity index (χ0v) is 7.14. The minimum atomic E-state index is 0.779. The number of rotatable bonds is 1. The molecule has 2 aromatic rings. The maximum Gasteiger partial charge on any atom is 0.0346 e. The first-order valence-electron chi connectivity index (χ1n) is 4.12. The molecule has 0 saturated carbocycles. The predicted octanol–water partition coefficient (Wildman–Crippen LogP) is 2.81. The lowest BCUT2D eigenvalue weighted by Gasteiger charge is -2.00. The first kappa shape index (κ1) is 7.99. The Bertz CT molecular complexity index is 393. The van der Waals surface area contributed by atoms with Crippen molar-refractivity contribution < 1.29 is 0 Å². The van der Waals surface area contributed by atoms with Crippen molar-refractivity contribution in [2.75, 3.05) is 0 Å². The highest BCUT2D eigenvalue weighted by Crippen LogP contribution is 2.18. The zero-order chi connectivity index (χ0) is 9.10. The second kappa shape index (κ2) is 3.40. The topological polar surface area (TPSA) is 12.9 Å². The summed E-state index contributed by atoms with van der Waals surface area (Å²) in [5.74, 6) is 0. The molecule has 2 radical (unpaired) electrons. The summed E-state index contributed by atoms with van der Waals surface area (Å²) in [7, 11) is 0. The molecule has 13 heavy (non-hydrogen) atoms. The van der Waals surface area contributed by atoms with Crippen LogP contribution in [-0.2, 0) is 0 Å². The van der Waals surface area contributed by atoms with E-state index in [4.69, 9.17) is 6.92 Å². The molecule has 0 saturated heterocycles. The van der Waals surface area contributed by atoms with Crippen molar-refractivity contribution in [3.8, 4) is 11.1 Å². The SMILES string of the molecule is [CH]c1cccc(-c2cccnc2)c1. The van der Waals surface area contributed by atoms with Gasteiger partial charge in [-0.05, 0) is 29.7 Å². The van der Waals surface area contributed by atoms with Gasteiger partial charge in [-0.1, -0.05) is 30.3 Å². The van der Waals surface area contributed by atoms with Crippen LogP contribution in [0.25, 0.3) is 11.1 Å². The minimum absolute atomic E-state index is 0.779. The molecule has 1 aromatic heterocycles. The van der Waals surface area contributed by atoms with Crippen LogP contribution in [0.15, 0.2) is 48.8 Å². The maximum absolute atomic E-state index is 5.68. The number of pyridine rings is 1. The van der Waals surface area contributed by atoms with Crippen LogP contribution < -0.4 is 0 Å². The third-order valence-corrected chi connectivity index (χ3v) is 1.88. The smallest absolute Gasteiger partial charge is 0.0346 e. The first-order valence-corrected chi connectivity index (χ1v) is 4.12. The van der Waals surface area contributed by atoms with E-state index in [-0.39, 0.29) is 0 Å². The van der Waals surface area contributed by atoms with Gasteiger partial charge in [0.05, 0.1) is 0 Å². The second-order valence-electron chi connectivity index (χ2n) is 2.87. The molecule has 0 unspecified atom stereocenters. The Balaban J connectivity index is 2.48. The fourth-order valence-electron chi connectivity index (χ4n) is 1.25. The van der Waals surface area contributed by atoms with Crippen LogP contribution in [0, 0.1) is 6.92 Å². The fraction of sp³-hybridized carbons (Fsp3) is 0. The van der Waals surface area contributed by atoms with Gasteiger partial charge in [0.1, 0.15) is 0 Å². The Morgan fingerprint density at radius 2 is 1.85 bits per heavy atom. The first-order chi connectivity index (χ1) is 6.36. The van der Waals surface area contributed by atoms with Crippen LogP contribution in [0.3, 0.4) is 0 Å². The Kier molecular flexibility index (Phi) is 2.09. The molecule has 0 amide bonds. The lowest BCUT2D eigenvalue weighted by atomic mass is 10.1. The number of aromatic nitrogens is 1. The van der Waals surface area contributed by atoms with Crippen LogP contribution in [0.2, 0.25) is 0 Å². The molecule has 0 bridgehead atoms. The molecular weight excluding hydrogens is 158 g/mol. The molecule has 1 nitrogen and oxygen atoms in total. The summed E-state index contributed by atoms with van der Waals surface area (Å²) >= 11 is 0. The molecule has 62 valence electrons. The summed E-state index contributed by atoms with van der Waals surface area (Å²) in [6.07, 6.45) is 3.59. The van der Waals surface area contributed by atoms with E-state index in [1.807, 2.05) is 42.6 Å². The van der Waals surface area contributed by atoms with E-state index in [1.165, 1.54) is 0 Å². The normalized spacial score (nSPS) is 9.92. The van der Waals surface area contributed by atoms with Gasteiger partial charge in [-0.25, -0.2) is 0 Å². The van der Waals surface area contributed by atoms with E-state index >= 15 is 0 Å². The van der Waals surface area contributed by atoms with E-state index < -0.39 is 0 Å². The predicted molar refractivity (Wildman–Crippen MR) is 53.1 cm³/mol. The van der Waals surface area contributed by atoms with Crippen LogP contribution >= 0.6 is 0 Å². The van der Waals surface area contributed by atoms with Crippen molar-refractivity contribution >= 4 is 0 Å². The van der Waals surface area contributed by atoms with E-state index in [1.54, 1.807) is 6.20 Å². The van der Waals surface area contributed by atoms with Crippen molar-refractivity contribution in [3.63, 3.8) is 0 Å². The van der Waals surface area contributed by atoms with Crippen molar-refractivity contribution in [3.05, 3.63) is 61.3 Å². The van der Waals surface area contributed by atoms with Gasteiger partial charge in [-0.2, -0.15) is 0 Å². The average molecular weight is 167 g/mol. The molecule has 0 aliphatic carbocycles. The van der Waals surface area contributed by atoms with E-state index in [0.717, 1.165) is 16.7 Å². The summed E-state index contributed by atoms with van der Waals surface area (Å²) in [6, 6.07) is 11.7. The van der Waals surface area contributed by atoms with Crippen molar-refractivity contribution in [2.24, 2.45) is 0 Å². The van der Waals surface area contributed by atoms with Crippen molar-refractivity contribution in [1.82, 2.24) is 4.98 Å². The highest BCUT2D eigenvalue weighted by atomic mass is 14.6. The highest BCUT2D eigenvalue weighted by molar-refractivity contribution is 5.63. The third-order valence-electron chi connectivity index (χ3n) is 1.88. The van der Waals surface area contributed by atoms with Gasteiger partial charge in [0.15, 0.2) is 0 Å². The molecule has 1 aromatic carbocycles. The van der Waals surface area contributed by atoms with Gasteiger partial charge in [-0.15, -0.1) is 0 Å². The number of nitrogens with zero attached hydrogens (tertiary/aromatic N) is 1. The van der Waals surface area contributed by atoms with E-state index in [9.17, 15) is 0 Å². The van der Waals surface area contributed by atoms with Crippen LogP contribution in [0.1, 0.15) is 5.56 Å². The van der Waals surface area contributed by atoms with E-state index in [0.29, 0.717) is 0 Å². The summed E-state index contributed by atoms with van der Waals surface area (Å²) in [5.41, 5.74) is 2.98. The molecule has 0 spiro atoms. The average Bonchev–Trinajstić information content (AvgIpc) is 2.19. The summed E-state index contributed by atoms with van der Waals surface area (Å²) < 4.78 is 0. The summed E-state index contributed by atoms with van der Waals surface area (Å²) in [5, 5.41) is 0. The molecule has 1 heteroatoms. The molecule has 0 atom stereocenters. The monoisotopic (exact) mass is 167 g/mol. The Morgan fingerprint density at radius 1 is 1.00 bits per heavy atom. The lowest BCUT2D eigenvalue weighted by molar-refractivity contribution is 1.33. The molecule has 1 heterocycles. The molecular formula is C12H9N. The lowest BCUT2D eigenvalue weighted by Crippen LogP contribution is -1.79. The number of benzene rings is 1. The number of hydrogen-bond acceptors (Lipinski definition) is 1. The van der Waals surface area contributed by atoms with Gasteiger partial charge in [0, 0.05) is 12.4 Å². The molecule has 0 fully saturated rings. The largest absolute Gasteiger partial charge is 0.264 e. The molecule has 0 N–H and O–H groups in total. The fourth-order valence-corrected chi connectivity index (χ4v) is 1.25. The quantitative estimate of drug-likeness (QED) is 0.636. The van der Waals surface area contributed by atoms with Gasteiger partial charge in [0.2, 0.25) is 0 Å². The van der Waals surface area contributed by atoms with Gasteiger partial charge >= 0.3 is 0 Å². The second-order valence-corrected chi connectivity index (χ2v) is 2.87. The Labute approximate surface area is 78.1 Å². The van der Waals surface area contributed by atoms with Gasteiger partial charge in [-0.3, -0.25) is 4.98 Å². The third kappa shape index (κ3) is 1.75. The van der Waals surface area contributed by atoms with E-state index in [2.05, 4.69) is 4.98 Å². The summed E-state index contributed by atoms with van der Waals surface area (Å²) in [6.45, 7) is 5.68. The van der Waals surface area contributed by atoms with Crippen molar-refractivity contribution in [2.45, 2.75) is 0 Å². The van der Waals surface area contributed by atoms with Crippen molar-refractivity contribution in [1.29, 1.82) is 0 Å². The molecule has 0 aliphatic heterocycles.